The summed E-state index contributed by atoms with van der Waals surface area (Å²) in [5.74, 6) is -0.166. The molecule has 3 heteroatoms. The predicted molar refractivity (Wildman–Crippen MR) is 49.9 cm³/mol. The van der Waals surface area contributed by atoms with Gasteiger partial charge in [-0.3, -0.25) is 4.98 Å². The molecule has 58 valence electrons. The zero-order chi connectivity index (χ0) is 8.55. The van der Waals surface area contributed by atoms with Crippen molar-refractivity contribution in [3.8, 4) is 0 Å². The zero-order valence-electron chi connectivity index (χ0n) is 6.71. The van der Waals surface area contributed by atoms with Crippen molar-refractivity contribution in [2.24, 2.45) is 0 Å². The molecule has 0 saturated heterocycles. The highest BCUT2D eigenvalue weighted by molar-refractivity contribution is 6.33. The molecule has 1 aromatic carbocycles. The fraction of sp³-hybridized carbons (Fsp3) is 0. The van der Waals surface area contributed by atoms with E-state index in [1.807, 2.05) is 6.07 Å². The first-order valence-electron chi connectivity index (χ1n) is 3.79. The van der Waals surface area contributed by atoms with Crippen LogP contribution in [0, 0.1) is 5.82 Å². The molecule has 0 atom stereocenters. The summed E-state index contributed by atoms with van der Waals surface area (Å²) in [6.45, 7) is 0. The Hall–Kier alpha value is -1.38. The van der Waals surface area contributed by atoms with Gasteiger partial charge in [0.2, 0.25) is 0 Å². The maximum absolute atomic E-state index is 13.4. The highest BCUT2D eigenvalue weighted by Crippen LogP contribution is 2.11. The van der Waals surface area contributed by atoms with Gasteiger partial charge in [0.25, 0.3) is 0 Å². The van der Waals surface area contributed by atoms with Crippen molar-refractivity contribution in [3.05, 3.63) is 36.3 Å². The van der Waals surface area contributed by atoms with E-state index in [9.17, 15) is 4.39 Å². The minimum absolute atomic E-state index is 0.166. The number of hydrogen-bond acceptors (Lipinski definition) is 1. The third-order valence-electron chi connectivity index (χ3n) is 1.91. The molecule has 1 heterocycles. The molecule has 0 aliphatic carbocycles. The second kappa shape index (κ2) is 2.59. The molecule has 0 spiro atoms. The van der Waals surface area contributed by atoms with E-state index in [4.69, 9.17) is 0 Å². The maximum Gasteiger partial charge on any atom is 0.143 e. The van der Waals surface area contributed by atoms with Crippen LogP contribution in [-0.4, -0.2) is 12.8 Å². The molecule has 0 unspecified atom stereocenters. The summed E-state index contributed by atoms with van der Waals surface area (Å²) in [7, 11) is 1.75. The lowest BCUT2D eigenvalue weighted by Gasteiger charge is -2.00. The van der Waals surface area contributed by atoms with Crippen LogP contribution in [0.4, 0.5) is 4.39 Å². The molecular formula is C9H7BFN. The number of pyridine rings is 1. The summed E-state index contributed by atoms with van der Waals surface area (Å²) < 4.78 is 13.4. The van der Waals surface area contributed by atoms with Gasteiger partial charge in [-0.15, -0.1) is 0 Å². The SMILES string of the molecule is Bc1ccc2ncccc2c1F. The Labute approximate surface area is 70.7 Å². The van der Waals surface area contributed by atoms with Gasteiger partial charge in [0.15, 0.2) is 0 Å². The van der Waals surface area contributed by atoms with Crippen LogP contribution in [0.15, 0.2) is 30.5 Å². The van der Waals surface area contributed by atoms with Crippen LogP contribution >= 0.6 is 0 Å². The Morgan fingerprint density at radius 3 is 2.92 bits per heavy atom. The van der Waals surface area contributed by atoms with Gasteiger partial charge in [0.1, 0.15) is 13.7 Å². The molecule has 0 fully saturated rings. The lowest BCUT2D eigenvalue weighted by Crippen LogP contribution is -2.07. The molecule has 2 rings (SSSR count). The average Bonchev–Trinajstić information content (AvgIpc) is 2.12. The van der Waals surface area contributed by atoms with Crippen LogP contribution in [-0.2, 0) is 0 Å². The fourth-order valence-corrected chi connectivity index (χ4v) is 1.23. The van der Waals surface area contributed by atoms with Crippen LogP contribution in [0.25, 0.3) is 10.9 Å². The average molecular weight is 159 g/mol. The maximum atomic E-state index is 13.4. The summed E-state index contributed by atoms with van der Waals surface area (Å²) in [6, 6.07) is 7.05. The van der Waals surface area contributed by atoms with Crippen LogP contribution in [0.3, 0.4) is 0 Å². The van der Waals surface area contributed by atoms with Crippen molar-refractivity contribution in [2.45, 2.75) is 0 Å². The van der Waals surface area contributed by atoms with Crippen molar-refractivity contribution >= 4 is 24.2 Å². The largest absolute Gasteiger partial charge is 0.256 e. The number of fused-ring (bicyclic) bond motifs is 1. The minimum atomic E-state index is -0.166. The zero-order valence-corrected chi connectivity index (χ0v) is 6.71. The van der Waals surface area contributed by atoms with Gasteiger partial charge in [-0.2, -0.15) is 0 Å². The standard InChI is InChI=1S/C9H7BFN/c10-7-3-4-8-6(9(7)11)2-1-5-12-8/h1-5H,10H2. The first-order valence-corrected chi connectivity index (χ1v) is 3.79. The van der Waals surface area contributed by atoms with Crippen LogP contribution in [0.2, 0.25) is 0 Å². The predicted octanol–water partition coefficient (Wildman–Crippen LogP) is 0.632. The molecule has 1 aromatic heterocycles. The lowest BCUT2D eigenvalue weighted by molar-refractivity contribution is 0.647. The van der Waals surface area contributed by atoms with Crippen molar-refractivity contribution < 1.29 is 4.39 Å². The Morgan fingerprint density at radius 2 is 2.08 bits per heavy atom. The molecular weight excluding hydrogens is 152 g/mol. The minimum Gasteiger partial charge on any atom is -0.256 e. The highest BCUT2D eigenvalue weighted by Gasteiger charge is 2.02. The lowest BCUT2D eigenvalue weighted by atomic mass is 9.94. The molecule has 1 nitrogen and oxygen atoms in total. The molecule has 2 aromatic rings. The summed E-state index contributed by atoms with van der Waals surface area (Å²) in [6.07, 6.45) is 1.66. The van der Waals surface area contributed by atoms with E-state index in [0.717, 1.165) is 0 Å². The van der Waals surface area contributed by atoms with Crippen molar-refractivity contribution in [2.75, 3.05) is 0 Å². The molecule has 0 aliphatic heterocycles. The number of hydrogen-bond donors (Lipinski definition) is 0. The van der Waals surface area contributed by atoms with E-state index in [-0.39, 0.29) is 5.82 Å². The molecule has 0 radical (unpaired) electrons. The van der Waals surface area contributed by atoms with Crippen molar-refractivity contribution in [1.29, 1.82) is 0 Å². The summed E-state index contributed by atoms with van der Waals surface area (Å²) >= 11 is 0. The molecule has 0 N–H and O–H groups in total. The molecule has 12 heavy (non-hydrogen) atoms. The van der Waals surface area contributed by atoms with Gasteiger partial charge in [-0.25, -0.2) is 4.39 Å². The first-order chi connectivity index (χ1) is 5.79. The van der Waals surface area contributed by atoms with Gasteiger partial charge in [-0.05, 0) is 18.2 Å². The summed E-state index contributed by atoms with van der Waals surface area (Å²) in [4.78, 5) is 4.04. The molecule has 0 bridgehead atoms. The van der Waals surface area contributed by atoms with Gasteiger partial charge in [-0.1, -0.05) is 11.5 Å². The summed E-state index contributed by atoms with van der Waals surface area (Å²) in [5, 5.41) is 0.595. The second-order valence-corrected chi connectivity index (χ2v) is 2.77. The third kappa shape index (κ3) is 0.980. The number of halogens is 1. The van der Waals surface area contributed by atoms with E-state index < -0.39 is 0 Å². The monoisotopic (exact) mass is 159 g/mol. The fourth-order valence-electron chi connectivity index (χ4n) is 1.23. The number of benzene rings is 1. The van der Waals surface area contributed by atoms with E-state index >= 15 is 0 Å². The number of rotatable bonds is 0. The number of aromatic nitrogens is 1. The Bertz CT molecular complexity index is 428. The topological polar surface area (TPSA) is 12.9 Å². The molecule has 0 saturated carbocycles. The highest BCUT2D eigenvalue weighted by atomic mass is 19.1. The van der Waals surface area contributed by atoms with Gasteiger partial charge in [0, 0.05) is 11.6 Å². The van der Waals surface area contributed by atoms with Crippen LogP contribution in [0.1, 0.15) is 0 Å². The summed E-state index contributed by atoms with van der Waals surface area (Å²) in [5.41, 5.74) is 1.37. The quantitative estimate of drug-likeness (QED) is 0.513. The Balaban J connectivity index is 2.91. The van der Waals surface area contributed by atoms with Crippen molar-refractivity contribution in [1.82, 2.24) is 4.98 Å². The van der Waals surface area contributed by atoms with Crippen molar-refractivity contribution in [3.63, 3.8) is 0 Å². The smallest absolute Gasteiger partial charge is 0.143 e. The molecule has 0 amide bonds. The second-order valence-electron chi connectivity index (χ2n) is 2.77. The van der Waals surface area contributed by atoms with Gasteiger partial charge >= 0.3 is 0 Å². The van der Waals surface area contributed by atoms with E-state index in [2.05, 4.69) is 4.98 Å². The Kier molecular flexibility index (Phi) is 1.57. The Morgan fingerprint density at radius 1 is 1.25 bits per heavy atom. The normalized spacial score (nSPS) is 10.4. The van der Waals surface area contributed by atoms with Gasteiger partial charge < -0.3 is 0 Å². The van der Waals surface area contributed by atoms with E-state index in [1.54, 1.807) is 32.2 Å². The number of nitrogens with zero attached hydrogens (tertiary/aromatic N) is 1. The first kappa shape index (κ1) is 7.28. The molecule has 0 aliphatic rings. The third-order valence-corrected chi connectivity index (χ3v) is 1.91. The van der Waals surface area contributed by atoms with Crippen LogP contribution < -0.4 is 5.46 Å². The van der Waals surface area contributed by atoms with E-state index in [0.29, 0.717) is 16.4 Å². The van der Waals surface area contributed by atoms with Gasteiger partial charge in [0.05, 0.1) is 5.52 Å². The van der Waals surface area contributed by atoms with E-state index in [1.165, 1.54) is 0 Å². The van der Waals surface area contributed by atoms with Crippen LogP contribution in [0.5, 0.6) is 0 Å².